The van der Waals surface area contributed by atoms with E-state index in [0.29, 0.717) is 6.42 Å². The molecule has 0 aliphatic carbocycles. The fourth-order valence-corrected chi connectivity index (χ4v) is 5.40. The molecule has 1 aromatic heterocycles. The summed E-state index contributed by atoms with van der Waals surface area (Å²) in [7, 11) is 2.15. The van der Waals surface area contributed by atoms with Crippen LogP contribution in [0.15, 0.2) is 5.38 Å². The number of hydrogen-bond donors (Lipinski definition) is 0. The summed E-state index contributed by atoms with van der Waals surface area (Å²) in [6.45, 7) is 10.2. The molecule has 0 aromatic carbocycles. The van der Waals surface area contributed by atoms with Crippen LogP contribution in [-0.4, -0.2) is 71.8 Å². The topological polar surface area (TPSA) is 43.9 Å². The normalized spacial score (nSPS) is 25.0. The molecule has 2 fully saturated rings. The molecule has 0 radical (unpaired) electrons. The number of likely N-dealkylation sites (tertiary alicyclic amines) is 1. The molecule has 2 saturated heterocycles. The lowest BCUT2D eigenvalue weighted by atomic mass is 9.86. The van der Waals surface area contributed by atoms with Crippen LogP contribution in [0.4, 0.5) is 0 Å². The molecule has 2 amide bonds. The number of carbonyl (C=O) groups excluding carboxylic acids is 2. The van der Waals surface area contributed by atoms with Crippen molar-refractivity contribution in [2.24, 2.45) is 0 Å². The highest BCUT2D eigenvalue weighted by molar-refractivity contribution is 7.10. The van der Waals surface area contributed by atoms with Crippen molar-refractivity contribution in [2.45, 2.75) is 52.0 Å². The largest absolute Gasteiger partial charge is 0.343 e. The van der Waals surface area contributed by atoms with Crippen molar-refractivity contribution in [1.29, 1.82) is 0 Å². The lowest BCUT2D eigenvalue weighted by Gasteiger charge is -2.49. The zero-order valence-electron chi connectivity index (χ0n) is 16.5. The minimum Gasteiger partial charge on any atom is -0.343 e. The highest BCUT2D eigenvalue weighted by Crippen LogP contribution is 2.33. The third-order valence-corrected chi connectivity index (χ3v) is 7.31. The molecule has 3 heterocycles. The van der Waals surface area contributed by atoms with E-state index in [1.807, 2.05) is 22.1 Å². The molecule has 1 atom stereocenters. The Morgan fingerprint density at radius 3 is 2.69 bits per heavy atom. The SMILES string of the molecule is CCc1c(C(=O)N2CCN(C)[C@@]3(CCC(=O)N(CC)CC3)C2)csc1C. The van der Waals surface area contributed by atoms with E-state index < -0.39 is 0 Å². The summed E-state index contributed by atoms with van der Waals surface area (Å²) < 4.78 is 0. The fraction of sp³-hybridized carbons (Fsp3) is 0.700. The number of rotatable bonds is 3. The predicted octanol–water partition coefficient (Wildman–Crippen LogP) is 2.78. The second-order valence-electron chi connectivity index (χ2n) is 7.63. The maximum atomic E-state index is 13.2. The van der Waals surface area contributed by atoms with Crippen LogP contribution >= 0.6 is 11.3 Å². The molecule has 0 N–H and O–H groups in total. The van der Waals surface area contributed by atoms with Crippen LogP contribution in [0, 0.1) is 6.92 Å². The second-order valence-corrected chi connectivity index (χ2v) is 8.72. The summed E-state index contributed by atoms with van der Waals surface area (Å²) in [5, 5.41) is 2.02. The molecule has 5 nitrogen and oxygen atoms in total. The van der Waals surface area contributed by atoms with E-state index in [9.17, 15) is 9.59 Å². The van der Waals surface area contributed by atoms with Gasteiger partial charge in [0.05, 0.1) is 5.56 Å². The Bertz CT molecular complexity index is 687. The van der Waals surface area contributed by atoms with E-state index in [1.165, 1.54) is 10.4 Å². The van der Waals surface area contributed by atoms with Crippen molar-refractivity contribution in [3.05, 3.63) is 21.4 Å². The molecule has 2 aliphatic rings. The zero-order chi connectivity index (χ0) is 18.9. The zero-order valence-corrected chi connectivity index (χ0v) is 17.3. The highest BCUT2D eigenvalue weighted by atomic mass is 32.1. The van der Waals surface area contributed by atoms with Crippen LogP contribution in [0.25, 0.3) is 0 Å². The first-order valence-electron chi connectivity index (χ1n) is 9.77. The van der Waals surface area contributed by atoms with Gasteiger partial charge in [-0.2, -0.15) is 0 Å². The molecule has 144 valence electrons. The Morgan fingerprint density at radius 2 is 2.00 bits per heavy atom. The van der Waals surface area contributed by atoms with Crippen LogP contribution < -0.4 is 0 Å². The second kappa shape index (κ2) is 7.69. The van der Waals surface area contributed by atoms with E-state index in [1.54, 1.807) is 11.3 Å². The maximum Gasteiger partial charge on any atom is 0.255 e. The number of carbonyl (C=O) groups is 2. The standard InChI is InChI=1S/C20H31N3O2S/c1-5-16-15(3)26-13-17(16)19(25)23-12-11-21(4)20(14-23)8-7-18(24)22(6-2)10-9-20/h13H,5-12,14H2,1-4H3/t20-/m1/s1. The molecular weight excluding hydrogens is 346 g/mol. The number of hydrogen-bond acceptors (Lipinski definition) is 4. The van der Waals surface area contributed by atoms with Gasteiger partial charge in [0.25, 0.3) is 5.91 Å². The Hall–Kier alpha value is -1.40. The van der Waals surface area contributed by atoms with Gasteiger partial charge >= 0.3 is 0 Å². The van der Waals surface area contributed by atoms with Crippen LogP contribution in [0.2, 0.25) is 0 Å². The Balaban J connectivity index is 1.81. The van der Waals surface area contributed by atoms with Crippen LogP contribution in [0.3, 0.4) is 0 Å². The van der Waals surface area contributed by atoms with Gasteiger partial charge in [0, 0.05) is 54.9 Å². The minimum atomic E-state index is -0.0784. The Morgan fingerprint density at radius 1 is 1.23 bits per heavy atom. The summed E-state index contributed by atoms with van der Waals surface area (Å²) in [5.41, 5.74) is 2.00. The summed E-state index contributed by atoms with van der Waals surface area (Å²) in [4.78, 5) is 33.2. The van der Waals surface area contributed by atoms with Crippen molar-refractivity contribution in [1.82, 2.24) is 14.7 Å². The molecule has 3 rings (SSSR count). The lowest BCUT2D eigenvalue weighted by molar-refractivity contribution is -0.130. The molecule has 2 aliphatic heterocycles. The Labute approximate surface area is 161 Å². The van der Waals surface area contributed by atoms with Gasteiger partial charge in [0.15, 0.2) is 0 Å². The number of likely N-dealkylation sites (N-methyl/N-ethyl adjacent to an activating group) is 1. The summed E-state index contributed by atoms with van der Waals surface area (Å²) in [5.74, 6) is 0.421. The number of piperazine rings is 1. The molecule has 0 unspecified atom stereocenters. The van der Waals surface area contributed by atoms with E-state index in [-0.39, 0.29) is 17.4 Å². The number of nitrogens with zero attached hydrogens (tertiary/aromatic N) is 3. The molecule has 1 aromatic rings. The first-order chi connectivity index (χ1) is 12.4. The Kier molecular flexibility index (Phi) is 5.72. The van der Waals surface area contributed by atoms with E-state index >= 15 is 0 Å². The summed E-state index contributed by atoms with van der Waals surface area (Å²) in [6.07, 6.45) is 3.26. The van der Waals surface area contributed by atoms with Gasteiger partial charge in [-0.15, -0.1) is 11.3 Å². The van der Waals surface area contributed by atoms with Gasteiger partial charge in [0.1, 0.15) is 0 Å². The van der Waals surface area contributed by atoms with Gasteiger partial charge in [-0.1, -0.05) is 6.92 Å². The van der Waals surface area contributed by atoms with Gasteiger partial charge in [-0.3, -0.25) is 14.5 Å². The fourth-order valence-electron chi connectivity index (χ4n) is 4.47. The van der Waals surface area contributed by atoms with Gasteiger partial charge in [0.2, 0.25) is 5.91 Å². The van der Waals surface area contributed by atoms with E-state index in [4.69, 9.17) is 0 Å². The quantitative estimate of drug-likeness (QED) is 0.814. The van der Waals surface area contributed by atoms with Crippen LogP contribution in [0.5, 0.6) is 0 Å². The minimum absolute atomic E-state index is 0.0784. The molecule has 6 heteroatoms. The van der Waals surface area contributed by atoms with Crippen molar-refractivity contribution < 1.29 is 9.59 Å². The van der Waals surface area contributed by atoms with Gasteiger partial charge in [-0.25, -0.2) is 0 Å². The number of amides is 2. The smallest absolute Gasteiger partial charge is 0.255 e. The molecule has 26 heavy (non-hydrogen) atoms. The predicted molar refractivity (Wildman–Crippen MR) is 106 cm³/mol. The van der Waals surface area contributed by atoms with Crippen molar-refractivity contribution in [2.75, 3.05) is 39.8 Å². The molecule has 0 saturated carbocycles. The monoisotopic (exact) mass is 377 g/mol. The number of thiophene rings is 1. The van der Waals surface area contributed by atoms with Crippen molar-refractivity contribution in [3.8, 4) is 0 Å². The van der Waals surface area contributed by atoms with Gasteiger partial charge in [-0.05, 0) is 45.7 Å². The van der Waals surface area contributed by atoms with Crippen LogP contribution in [0.1, 0.15) is 53.9 Å². The third kappa shape index (κ3) is 3.41. The average Bonchev–Trinajstić information content (AvgIpc) is 2.94. The summed E-state index contributed by atoms with van der Waals surface area (Å²) >= 11 is 1.67. The number of aryl methyl sites for hydroxylation is 1. The molecule has 0 bridgehead atoms. The van der Waals surface area contributed by atoms with Crippen molar-refractivity contribution >= 4 is 23.2 Å². The third-order valence-electron chi connectivity index (χ3n) is 6.36. The van der Waals surface area contributed by atoms with Crippen molar-refractivity contribution in [3.63, 3.8) is 0 Å². The first kappa shape index (κ1) is 19.4. The first-order valence-corrected chi connectivity index (χ1v) is 10.6. The van der Waals surface area contributed by atoms with Crippen LogP contribution in [-0.2, 0) is 11.2 Å². The highest BCUT2D eigenvalue weighted by Gasteiger charge is 2.43. The lowest BCUT2D eigenvalue weighted by Crippen LogP contribution is -2.62. The molecular formula is C20H31N3O2S. The molecule has 1 spiro atoms. The average molecular weight is 378 g/mol. The summed E-state index contributed by atoms with van der Waals surface area (Å²) in [6, 6.07) is 0. The van der Waals surface area contributed by atoms with E-state index in [0.717, 1.165) is 57.5 Å². The van der Waals surface area contributed by atoms with Gasteiger partial charge < -0.3 is 9.80 Å². The maximum absolute atomic E-state index is 13.2. The van der Waals surface area contributed by atoms with E-state index in [2.05, 4.69) is 25.8 Å².